The predicted octanol–water partition coefficient (Wildman–Crippen LogP) is 2.50. The van der Waals surface area contributed by atoms with Gasteiger partial charge in [-0.2, -0.15) is 0 Å². The van der Waals surface area contributed by atoms with E-state index in [9.17, 15) is 9.18 Å². The molecule has 0 aliphatic carbocycles. The van der Waals surface area contributed by atoms with Gasteiger partial charge in [0.2, 0.25) is 5.91 Å². The van der Waals surface area contributed by atoms with Crippen molar-refractivity contribution in [2.24, 2.45) is 5.92 Å². The lowest BCUT2D eigenvalue weighted by atomic mass is 9.82. The molecule has 0 bridgehead atoms. The van der Waals surface area contributed by atoms with Crippen LogP contribution in [0, 0.1) is 11.7 Å². The summed E-state index contributed by atoms with van der Waals surface area (Å²) in [5, 5.41) is 0. The molecule has 1 aromatic carbocycles. The Balaban J connectivity index is 2.01. The van der Waals surface area contributed by atoms with Crippen LogP contribution in [0.5, 0.6) is 5.75 Å². The van der Waals surface area contributed by atoms with Crippen LogP contribution < -0.4 is 9.64 Å². The first-order valence-electron chi connectivity index (χ1n) is 7.36. The highest BCUT2D eigenvalue weighted by molar-refractivity contribution is 9.10. The normalized spacial score (nSPS) is 26.0. The van der Waals surface area contributed by atoms with Crippen LogP contribution in [0.2, 0.25) is 0 Å². The molecule has 2 fully saturated rings. The number of carbonyl (C=O) groups is 1. The Morgan fingerprint density at radius 2 is 2.18 bits per heavy atom. The fourth-order valence-corrected chi connectivity index (χ4v) is 3.79. The molecule has 2 saturated heterocycles. The number of anilines is 1. The van der Waals surface area contributed by atoms with Crippen molar-refractivity contribution in [1.82, 2.24) is 4.81 Å². The SMILES string of the molecule is [B]N1CCC2C(CCC(=O)N2c2cc(F)c(Br)cc2OC)C1. The van der Waals surface area contributed by atoms with Gasteiger partial charge in [0.05, 0.1) is 17.3 Å². The minimum absolute atomic E-state index is 0.0201. The first kappa shape index (κ1) is 15.8. The van der Waals surface area contributed by atoms with E-state index in [0.29, 0.717) is 28.2 Å². The van der Waals surface area contributed by atoms with E-state index >= 15 is 0 Å². The van der Waals surface area contributed by atoms with Gasteiger partial charge in [-0.1, -0.05) is 0 Å². The fourth-order valence-electron chi connectivity index (χ4n) is 3.47. The summed E-state index contributed by atoms with van der Waals surface area (Å²) in [4.78, 5) is 16.0. The van der Waals surface area contributed by atoms with E-state index in [2.05, 4.69) is 15.9 Å². The van der Waals surface area contributed by atoms with Crippen molar-refractivity contribution in [3.8, 4) is 5.75 Å². The van der Waals surface area contributed by atoms with E-state index in [4.69, 9.17) is 12.7 Å². The molecule has 0 N–H and O–H groups in total. The highest BCUT2D eigenvalue weighted by atomic mass is 79.9. The van der Waals surface area contributed by atoms with Crippen molar-refractivity contribution < 1.29 is 13.9 Å². The molecular formula is C15H17BBrFN2O2. The number of piperidine rings is 2. The van der Waals surface area contributed by atoms with Crippen LogP contribution in [0.25, 0.3) is 0 Å². The van der Waals surface area contributed by atoms with E-state index < -0.39 is 5.82 Å². The summed E-state index contributed by atoms with van der Waals surface area (Å²) in [5.41, 5.74) is 0.508. The number of ether oxygens (including phenoxy) is 1. The Morgan fingerprint density at radius 3 is 2.91 bits per heavy atom. The maximum Gasteiger partial charge on any atom is 0.227 e. The van der Waals surface area contributed by atoms with Gasteiger partial charge in [-0.15, -0.1) is 0 Å². The topological polar surface area (TPSA) is 32.8 Å². The summed E-state index contributed by atoms with van der Waals surface area (Å²) in [6.07, 6.45) is 2.07. The van der Waals surface area contributed by atoms with Crippen LogP contribution in [0.15, 0.2) is 16.6 Å². The lowest BCUT2D eigenvalue weighted by molar-refractivity contribution is -0.121. The molecule has 1 amide bonds. The first-order chi connectivity index (χ1) is 10.5. The fraction of sp³-hybridized carbons (Fsp3) is 0.533. The van der Waals surface area contributed by atoms with Crippen molar-refractivity contribution in [3.63, 3.8) is 0 Å². The number of fused-ring (bicyclic) bond motifs is 1. The van der Waals surface area contributed by atoms with E-state index in [1.165, 1.54) is 13.2 Å². The number of nitrogens with zero attached hydrogens (tertiary/aromatic N) is 2. The molecule has 116 valence electrons. The van der Waals surface area contributed by atoms with E-state index in [0.717, 1.165) is 25.9 Å². The minimum Gasteiger partial charge on any atom is -0.495 e. The van der Waals surface area contributed by atoms with E-state index in [-0.39, 0.29) is 11.9 Å². The summed E-state index contributed by atoms with van der Waals surface area (Å²) >= 11 is 3.16. The number of hydrogen-bond acceptors (Lipinski definition) is 3. The van der Waals surface area contributed by atoms with Gasteiger partial charge in [-0.05, 0) is 53.8 Å². The molecule has 2 unspecified atom stereocenters. The molecule has 3 rings (SSSR count). The molecule has 22 heavy (non-hydrogen) atoms. The number of benzene rings is 1. The molecule has 0 aromatic heterocycles. The van der Waals surface area contributed by atoms with Crippen molar-refractivity contribution in [1.29, 1.82) is 0 Å². The van der Waals surface area contributed by atoms with E-state index in [1.807, 2.05) is 0 Å². The van der Waals surface area contributed by atoms with Crippen LogP contribution in [-0.4, -0.2) is 44.9 Å². The molecule has 1 aromatic rings. The summed E-state index contributed by atoms with van der Waals surface area (Å²) in [5.74, 6) is 0.430. The van der Waals surface area contributed by atoms with Crippen LogP contribution in [0.1, 0.15) is 19.3 Å². The number of halogens is 2. The smallest absolute Gasteiger partial charge is 0.227 e. The Hall–Kier alpha value is -1.08. The average Bonchev–Trinajstić information content (AvgIpc) is 2.50. The monoisotopic (exact) mass is 366 g/mol. The van der Waals surface area contributed by atoms with Gasteiger partial charge in [-0.3, -0.25) is 4.79 Å². The summed E-state index contributed by atoms with van der Waals surface area (Å²) < 4.78 is 19.7. The Bertz CT molecular complexity index is 601. The number of methoxy groups -OCH3 is 1. The third kappa shape index (κ3) is 2.76. The molecular weight excluding hydrogens is 350 g/mol. The Kier molecular flexibility index (Phi) is 4.45. The third-order valence-electron chi connectivity index (χ3n) is 4.54. The molecule has 4 nitrogen and oxygen atoms in total. The highest BCUT2D eigenvalue weighted by Crippen LogP contribution is 2.40. The van der Waals surface area contributed by atoms with Gasteiger partial charge in [0.15, 0.2) is 7.98 Å². The largest absolute Gasteiger partial charge is 0.495 e. The standard InChI is InChI=1S/C15H17BBrFN2O2/c1-22-14-6-10(17)11(18)7-13(14)20-12-4-5-19(16)8-9(12)2-3-15(20)21/h6-7,9,12H,2-5,8H2,1H3. The molecule has 2 atom stereocenters. The van der Waals surface area contributed by atoms with Crippen LogP contribution in [0.3, 0.4) is 0 Å². The van der Waals surface area contributed by atoms with Crippen LogP contribution in [-0.2, 0) is 4.79 Å². The summed E-state index contributed by atoms with van der Waals surface area (Å²) in [7, 11) is 7.42. The third-order valence-corrected chi connectivity index (χ3v) is 5.14. The lowest BCUT2D eigenvalue weighted by Crippen LogP contribution is -2.56. The maximum atomic E-state index is 14.0. The van der Waals surface area contributed by atoms with Crippen molar-refractivity contribution in [2.45, 2.75) is 25.3 Å². The van der Waals surface area contributed by atoms with Gasteiger partial charge in [0, 0.05) is 18.5 Å². The molecule has 2 aliphatic heterocycles. The summed E-state index contributed by atoms with van der Waals surface area (Å²) in [6, 6.07) is 2.99. The second-order valence-electron chi connectivity index (χ2n) is 5.85. The second-order valence-corrected chi connectivity index (χ2v) is 6.71. The number of hydrogen-bond donors (Lipinski definition) is 0. The van der Waals surface area contributed by atoms with Crippen LogP contribution in [0.4, 0.5) is 10.1 Å². The number of rotatable bonds is 2. The minimum atomic E-state index is -0.401. The molecule has 0 spiro atoms. The average molecular weight is 367 g/mol. The number of amides is 1. The molecule has 2 aliphatic rings. The Morgan fingerprint density at radius 1 is 1.41 bits per heavy atom. The molecule has 7 heteroatoms. The van der Waals surface area contributed by atoms with Gasteiger partial charge in [-0.25, -0.2) is 4.39 Å². The molecule has 2 heterocycles. The van der Waals surface area contributed by atoms with Crippen molar-refractivity contribution >= 4 is 35.5 Å². The molecule has 0 saturated carbocycles. The zero-order chi connectivity index (χ0) is 15.9. The van der Waals surface area contributed by atoms with Crippen molar-refractivity contribution in [3.05, 3.63) is 22.4 Å². The Labute approximate surface area is 139 Å². The highest BCUT2D eigenvalue weighted by Gasteiger charge is 2.40. The van der Waals surface area contributed by atoms with E-state index in [1.54, 1.807) is 15.8 Å². The van der Waals surface area contributed by atoms with Gasteiger partial charge in [0.25, 0.3) is 0 Å². The zero-order valence-electron chi connectivity index (χ0n) is 12.4. The second kappa shape index (κ2) is 6.20. The quantitative estimate of drug-likeness (QED) is 0.754. The number of carbonyl (C=O) groups excluding carboxylic acids is 1. The molecule has 2 radical (unpaired) electrons. The van der Waals surface area contributed by atoms with Gasteiger partial charge >= 0.3 is 0 Å². The van der Waals surface area contributed by atoms with Gasteiger partial charge < -0.3 is 14.4 Å². The van der Waals surface area contributed by atoms with Crippen LogP contribution >= 0.6 is 15.9 Å². The predicted molar refractivity (Wildman–Crippen MR) is 86.6 cm³/mol. The maximum absolute atomic E-state index is 14.0. The first-order valence-corrected chi connectivity index (χ1v) is 8.15. The lowest BCUT2D eigenvalue weighted by Gasteiger charge is -2.46. The summed E-state index contributed by atoms with van der Waals surface area (Å²) in [6.45, 7) is 1.49. The zero-order valence-corrected chi connectivity index (χ0v) is 14.0. The van der Waals surface area contributed by atoms with Gasteiger partial charge in [0.1, 0.15) is 11.6 Å². The van der Waals surface area contributed by atoms with Crippen molar-refractivity contribution in [2.75, 3.05) is 25.1 Å².